The van der Waals surface area contributed by atoms with Crippen LogP contribution in [0.1, 0.15) is 6.92 Å². The highest BCUT2D eigenvalue weighted by Gasteiger charge is 2.04. The molecule has 1 aromatic rings. The molecule has 0 saturated heterocycles. The number of hydrogen-bond acceptors (Lipinski definition) is 3. The number of alkyl halides is 1. The Bertz CT molecular complexity index is 338. The van der Waals surface area contributed by atoms with Gasteiger partial charge in [0.15, 0.2) is 0 Å². The van der Waals surface area contributed by atoms with Gasteiger partial charge in [0.05, 0.1) is 7.18 Å². The lowest BCUT2D eigenvalue weighted by molar-refractivity contribution is -0.135. The van der Waals surface area contributed by atoms with Gasteiger partial charge >= 0.3 is 5.97 Å². The molecule has 0 unspecified atom stereocenters. The van der Waals surface area contributed by atoms with Gasteiger partial charge in [0.2, 0.25) is 5.91 Å². The number of halogens is 5. The molecule has 1 N–H and O–H groups in total. The summed E-state index contributed by atoms with van der Waals surface area (Å²) in [6.45, 7) is 1.24. The predicted octanol–water partition coefficient (Wildman–Crippen LogP) is 2.99. The van der Waals surface area contributed by atoms with Crippen molar-refractivity contribution in [3.8, 4) is 5.75 Å². The van der Waals surface area contributed by atoms with Crippen molar-refractivity contribution in [2.75, 3.05) is 13.7 Å². The Hall–Kier alpha value is -2.19. The minimum absolute atomic E-state index is 0.107. The van der Waals surface area contributed by atoms with Crippen molar-refractivity contribution in [3.05, 3.63) is 30.3 Å². The van der Waals surface area contributed by atoms with Crippen molar-refractivity contribution >= 4 is 11.9 Å². The van der Waals surface area contributed by atoms with Crippen molar-refractivity contribution in [2.45, 2.75) is 6.92 Å². The fraction of sp³-hybridized carbons (Fsp3) is 0.273. The summed E-state index contributed by atoms with van der Waals surface area (Å²) in [6, 6.07) is 8.70. The quantitative estimate of drug-likeness (QED) is 0.530. The number of benzene rings is 1. The zero-order valence-electron chi connectivity index (χ0n) is 10.7. The molecule has 0 aliphatic carbocycles. The number of carbonyl (C=O) groups excluding carboxylic acids is 2. The van der Waals surface area contributed by atoms with Gasteiger partial charge in [-0.05, 0) is 12.1 Å². The molecule has 0 radical (unpaired) electrons. The summed E-state index contributed by atoms with van der Waals surface area (Å²) in [5, 5.41) is 2.35. The van der Waals surface area contributed by atoms with Crippen LogP contribution in [-0.2, 0) is 9.59 Å². The Kier molecular flexibility index (Phi) is 22.0. The molecule has 0 heterocycles. The van der Waals surface area contributed by atoms with Crippen LogP contribution in [0.5, 0.6) is 5.75 Å². The molecule has 0 aliphatic heterocycles. The first-order valence-electron chi connectivity index (χ1n) is 4.85. The van der Waals surface area contributed by atoms with Gasteiger partial charge in [0.25, 0.3) is 0 Å². The second-order valence-corrected chi connectivity index (χ2v) is 2.70. The number of rotatable bonds is 3. The molecule has 4 nitrogen and oxygen atoms in total. The maximum atomic E-state index is 11.1. The average molecular weight is 303 g/mol. The average Bonchev–Trinajstić information content (AvgIpc) is 2.52. The van der Waals surface area contributed by atoms with Crippen LogP contribution in [0.25, 0.3) is 0 Å². The monoisotopic (exact) mass is 303 g/mol. The number of para-hydroxylation sites is 1. The van der Waals surface area contributed by atoms with E-state index in [0.717, 1.165) is 0 Å². The molecule has 0 bridgehead atoms. The highest BCUT2D eigenvalue weighted by molar-refractivity contribution is 5.81. The smallest absolute Gasteiger partial charge is 0.330 e. The molecule has 1 aromatic carbocycles. The van der Waals surface area contributed by atoms with Crippen molar-refractivity contribution < 1.29 is 37.0 Å². The van der Waals surface area contributed by atoms with Gasteiger partial charge in [-0.25, -0.2) is 4.79 Å². The predicted molar refractivity (Wildman–Crippen MR) is 62.2 cm³/mol. The molecule has 1 amide bonds. The molecular formula is C11H14F5NO3. The van der Waals surface area contributed by atoms with E-state index in [0.29, 0.717) is 12.9 Å². The number of amides is 1. The van der Waals surface area contributed by atoms with E-state index in [2.05, 4.69) is 5.32 Å². The Morgan fingerprint density at radius 2 is 1.50 bits per heavy atom. The van der Waals surface area contributed by atoms with E-state index in [1.807, 2.05) is 6.07 Å². The Morgan fingerprint density at radius 3 is 1.90 bits per heavy atom. The first kappa shape index (κ1) is 22.9. The Balaban J connectivity index is -0.000000425. The molecule has 0 fully saturated rings. The number of carbonyl (C=O) groups is 2. The summed E-state index contributed by atoms with van der Waals surface area (Å²) < 4.78 is 46.4. The summed E-state index contributed by atoms with van der Waals surface area (Å²) in [5.74, 6) is -0.260. The largest absolute Gasteiger partial charge is 0.425 e. The Morgan fingerprint density at radius 1 is 1.05 bits per heavy atom. The minimum Gasteiger partial charge on any atom is -0.425 e. The number of nitrogens with one attached hydrogen (secondary N) is 1. The van der Waals surface area contributed by atoms with E-state index in [9.17, 15) is 14.0 Å². The van der Waals surface area contributed by atoms with Crippen molar-refractivity contribution in [2.24, 2.45) is 0 Å². The van der Waals surface area contributed by atoms with Crippen LogP contribution in [0, 0.1) is 0 Å². The second kappa shape index (κ2) is 19.2. The molecular weight excluding hydrogens is 289 g/mol. The lowest BCUT2D eigenvalue weighted by Gasteiger charge is -2.03. The lowest BCUT2D eigenvalue weighted by Crippen LogP contribution is -2.29. The van der Waals surface area contributed by atoms with Gasteiger partial charge in [-0.2, -0.15) is 0 Å². The van der Waals surface area contributed by atoms with E-state index in [-0.39, 0.29) is 12.5 Å². The summed E-state index contributed by atoms with van der Waals surface area (Å²) in [6.07, 6.45) is 0. The molecule has 116 valence electrons. The third-order valence-electron chi connectivity index (χ3n) is 1.46. The van der Waals surface area contributed by atoms with Gasteiger partial charge in [0.1, 0.15) is 12.3 Å². The van der Waals surface area contributed by atoms with E-state index < -0.39 is 5.97 Å². The number of hydrogen-bond donors (Lipinski definition) is 1. The topological polar surface area (TPSA) is 55.4 Å². The van der Waals surface area contributed by atoms with Gasteiger partial charge in [-0.1, -0.05) is 18.2 Å². The van der Waals surface area contributed by atoms with E-state index in [1.165, 1.54) is 6.92 Å². The summed E-state index contributed by atoms with van der Waals surface area (Å²) in [5.41, 5.74) is 0. The molecule has 0 spiro atoms. The van der Waals surface area contributed by atoms with E-state index >= 15 is 0 Å². The highest BCUT2D eigenvalue weighted by Crippen LogP contribution is 2.07. The van der Waals surface area contributed by atoms with Crippen LogP contribution in [0.4, 0.5) is 22.7 Å². The second-order valence-electron chi connectivity index (χ2n) is 2.70. The summed E-state index contributed by atoms with van der Waals surface area (Å²) in [4.78, 5) is 21.6. The SMILES string of the molecule is CC(=O)NCC(=O)Oc1ccccc1.CF.FF.FF. The van der Waals surface area contributed by atoms with Crippen LogP contribution in [0.2, 0.25) is 0 Å². The third kappa shape index (κ3) is 15.8. The van der Waals surface area contributed by atoms with Gasteiger partial charge in [-0.3, -0.25) is 9.18 Å². The van der Waals surface area contributed by atoms with Gasteiger partial charge in [0, 0.05) is 25.2 Å². The van der Waals surface area contributed by atoms with Crippen LogP contribution in [-0.4, -0.2) is 25.6 Å². The van der Waals surface area contributed by atoms with Crippen molar-refractivity contribution in [3.63, 3.8) is 0 Å². The zero-order valence-corrected chi connectivity index (χ0v) is 10.7. The maximum Gasteiger partial charge on any atom is 0.330 e. The van der Waals surface area contributed by atoms with Gasteiger partial charge < -0.3 is 10.1 Å². The van der Waals surface area contributed by atoms with Gasteiger partial charge in [-0.15, -0.1) is 0 Å². The van der Waals surface area contributed by atoms with Crippen LogP contribution in [0.3, 0.4) is 0 Å². The third-order valence-corrected chi connectivity index (χ3v) is 1.46. The molecule has 9 heteroatoms. The standard InChI is InChI=1S/C10H11NO3.CH3F.2F2/c1-8(12)11-7-10(13)14-9-5-3-2-4-6-9;3*1-2/h2-6H,7H2,1H3,(H,11,12);1H3;;. The number of esters is 1. The fourth-order valence-electron chi connectivity index (χ4n) is 0.853. The first-order chi connectivity index (χ1) is 9.68. The van der Waals surface area contributed by atoms with Crippen LogP contribution >= 0.6 is 0 Å². The molecule has 20 heavy (non-hydrogen) atoms. The zero-order chi connectivity index (χ0) is 16.4. The summed E-state index contributed by atoms with van der Waals surface area (Å²) >= 11 is 0. The molecule has 1 rings (SSSR count). The highest BCUT2D eigenvalue weighted by atomic mass is 20.0. The molecule has 0 aliphatic rings. The van der Waals surface area contributed by atoms with E-state index in [4.69, 9.17) is 23.0 Å². The normalized spacial score (nSPS) is 7.35. The molecule has 0 saturated carbocycles. The molecule has 0 atom stereocenters. The van der Waals surface area contributed by atoms with Crippen LogP contribution < -0.4 is 10.1 Å². The maximum absolute atomic E-state index is 11.1. The first-order valence-corrected chi connectivity index (χ1v) is 4.85. The minimum atomic E-state index is -0.480. The van der Waals surface area contributed by atoms with Crippen LogP contribution in [0.15, 0.2) is 30.3 Å². The fourth-order valence-corrected chi connectivity index (χ4v) is 0.853. The lowest BCUT2D eigenvalue weighted by atomic mass is 10.3. The van der Waals surface area contributed by atoms with Crippen molar-refractivity contribution in [1.82, 2.24) is 5.32 Å². The van der Waals surface area contributed by atoms with E-state index in [1.54, 1.807) is 24.3 Å². The summed E-state index contributed by atoms with van der Waals surface area (Å²) in [7, 11) is 0.500. The van der Waals surface area contributed by atoms with Crippen molar-refractivity contribution in [1.29, 1.82) is 0 Å². The molecule has 0 aromatic heterocycles. The Labute approximate surface area is 112 Å². The number of ether oxygens (including phenoxy) is 1.